The molecule has 2 aromatic carbocycles. The summed E-state index contributed by atoms with van der Waals surface area (Å²) >= 11 is 0. The van der Waals surface area contributed by atoms with E-state index in [2.05, 4.69) is 0 Å². The lowest BCUT2D eigenvalue weighted by Gasteiger charge is -2.26. The average molecular weight is 382 g/mol. The highest BCUT2D eigenvalue weighted by molar-refractivity contribution is 6.08. The minimum Gasteiger partial charge on any atom is -0.301 e. The van der Waals surface area contributed by atoms with E-state index in [1.54, 1.807) is 0 Å². The van der Waals surface area contributed by atoms with Crippen LogP contribution < -0.4 is 0 Å². The summed E-state index contributed by atoms with van der Waals surface area (Å²) in [6.45, 7) is 0.161. The maximum atomic E-state index is 12.9. The first-order valence-electron chi connectivity index (χ1n) is 8.90. The highest BCUT2D eigenvalue weighted by Gasteiger charge is 2.39. The second-order valence-corrected chi connectivity index (χ2v) is 6.77. The predicted octanol–water partition coefficient (Wildman–Crippen LogP) is 4.66. The van der Waals surface area contributed by atoms with Crippen molar-refractivity contribution in [3.05, 3.63) is 94.8 Å². The van der Waals surface area contributed by atoms with Gasteiger partial charge in [-0.2, -0.15) is 13.2 Å². The fourth-order valence-electron chi connectivity index (χ4n) is 3.44. The molecule has 4 rings (SSSR count). The first kappa shape index (κ1) is 18.2. The molecule has 0 spiro atoms. The molecule has 6 heteroatoms. The topological polar surface area (TPSA) is 32.7 Å². The van der Waals surface area contributed by atoms with Gasteiger partial charge in [0.25, 0.3) is 5.91 Å². The molecule has 1 amide bonds. The second-order valence-electron chi connectivity index (χ2n) is 6.77. The number of nitrogens with zero attached hydrogens (tertiary/aromatic N) is 2. The van der Waals surface area contributed by atoms with Crippen molar-refractivity contribution in [1.82, 2.24) is 4.90 Å². The Hall–Kier alpha value is -3.15. The number of amides is 1. The van der Waals surface area contributed by atoms with Gasteiger partial charge in [-0.05, 0) is 17.2 Å². The van der Waals surface area contributed by atoms with E-state index in [1.807, 2.05) is 60.7 Å². The maximum Gasteiger partial charge on any atom is 0.393 e. The maximum absolute atomic E-state index is 12.9. The largest absolute Gasteiger partial charge is 0.393 e. The van der Waals surface area contributed by atoms with Gasteiger partial charge in [-0.15, -0.1) is 0 Å². The van der Waals surface area contributed by atoms with E-state index in [0.717, 1.165) is 11.1 Å². The van der Waals surface area contributed by atoms with Gasteiger partial charge in [-0.3, -0.25) is 9.79 Å². The van der Waals surface area contributed by atoms with Gasteiger partial charge in [0, 0.05) is 12.0 Å². The predicted molar refractivity (Wildman–Crippen MR) is 101 cm³/mol. The van der Waals surface area contributed by atoms with E-state index < -0.39 is 18.5 Å². The molecule has 142 valence electrons. The molecular formula is C22H17F3N2O. The fourth-order valence-corrected chi connectivity index (χ4v) is 3.44. The molecule has 0 atom stereocenters. The molecular weight excluding hydrogens is 365 g/mol. The zero-order chi connectivity index (χ0) is 19.7. The minimum atomic E-state index is -4.43. The van der Waals surface area contributed by atoms with Crippen LogP contribution in [0.3, 0.4) is 0 Å². The minimum absolute atomic E-state index is 0.161. The number of alkyl halides is 3. The molecule has 0 saturated heterocycles. The second kappa shape index (κ2) is 7.11. The monoisotopic (exact) mass is 382 g/mol. The number of hydrogen-bond acceptors (Lipinski definition) is 2. The van der Waals surface area contributed by atoms with Crippen LogP contribution in [0.5, 0.6) is 0 Å². The average Bonchev–Trinajstić information content (AvgIpc) is 2.98. The van der Waals surface area contributed by atoms with Gasteiger partial charge in [0.1, 0.15) is 0 Å². The molecule has 2 heterocycles. The lowest BCUT2D eigenvalue weighted by molar-refractivity contribution is -0.136. The molecule has 3 nitrogen and oxygen atoms in total. The molecule has 0 N–H and O–H groups in total. The third-order valence-corrected chi connectivity index (χ3v) is 4.71. The zero-order valence-corrected chi connectivity index (χ0v) is 14.9. The van der Waals surface area contributed by atoms with Crippen molar-refractivity contribution in [3.63, 3.8) is 0 Å². The Labute approximate surface area is 160 Å². The number of carbonyl (C=O) groups excluding carboxylic acids is 1. The van der Waals surface area contributed by atoms with Gasteiger partial charge in [0.15, 0.2) is 0 Å². The molecule has 2 aliphatic rings. The number of hydrogen-bond donors (Lipinski definition) is 0. The summed E-state index contributed by atoms with van der Waals surface area (Å²) in [4.78, 5) is 18.8. The van der Waals surface area contributed by atoms with E-state index in [0.29, 0.717) is 23.5 Å². The zero-order valence-electron chi connectivity index (χ0n) is 14.9. The van der Waals surface area contributed by atoms with Crippen LogP contribution in [0.1, 0.15) is 17.5 Å². The fraction of sp³-hybridized carbons (Fsp3) is 0.182. The van der Waals surface area contributed by atoms with Crippen molar-refractivity contribution in [3.8, 4) is 0 Å². The smallest absolute Gasteiger partial charge is 0.301 e. The molecule has 0 fully saturated rings. The molecule has 0 aliphatic carbocycles. The Bertz CT molecular complexity index is 989. The summed E-state index contributed by atoms with van der Waals surface area (Å²) in [6, 6.07) is 18.9. The van der Waals surface area contributed by atoms with Gasteiger partial charge < -0.3 is 4.90 Å². The number of aliphatic imine (C=N–C) groups is 1. The standard InChI is InChI=1S/C22H17F3N2O/c23-22(24,25)13-17-12-20-18(11-15-7-3-1-4-8-15)26-19(14-27(20)21(17)28)16-9-5-2-6-10-16/h1-10,12H,11,13-14H2. The normalized spacial score (nSPS) is 16.8. The molecule has 0 unspecified atom stereocenters. The van der Waals surface area contributed by atoms with Crippen LogP contribution in [0, 0.1) is 0 Å². The summed E-state index contributed by atoms with van der Waals surface area (Å²) in [5.41, 5.74) is 3.33. The SMILES string of the molecule is O=C1C(CC(F)(F)F)=CC2=C(Cc3ccccc3)N=C(c3ccccc3)CN12. The first-order valence-corrected chi connectivity index (χ1v) is 8.90. The van der Waals surface area contributed by atoms with Crippen LogP contribution in [0.2, 0.25) is 0 Å². The number of fused-ring (bicyclic) bond motifs is 1. The van der Waals surface area contributed by atoms with E-state index >= 15 is 0 Å². The number of carbonyl (C=O) groups is 1. The van der Waals surface area contributed by atoms with Crippen molar-refractivity contribution in [2.75, 3.05) is 6.54 Å². The van der Waals surface area contributed by atoms with Crippen molar-refractivity contribution in [2.24, 2.45) is 4.99 Å². The van der Waals surface area contributed by atoms with Crippen LogP contribution in [0.4, 0.5) is 13.2 Å². The molecule has 0 radical (unpaired) electrons. The highest BCUT2D eigenvalue weighted by Crippen LogP contribution is 2.35. The lowest BCUT2D eigenvalue weighted by atomic mass is 10.0. The number of allylic oxidation sites excluding steroid dienone is 2. The number of benzene rings is 2. The van der Waals surface area contributed by atoms with Gasteiger partial charge in [-0.1, -0.05) is 60.7 Å². The van der Waals surface area contributed by atoms with Crippen LogP contribution in [0.15, 0.2) is 88.7 Å². The third kappa shape index (κ3) is 3.76. The Morgan fingerprint density at radius 1 is 0.964 bits per heavy atom. The lowest BCUT2D eigenvalue weighted by Crippen LogP contribution is -2.35. The molecule has 0 saturated carbocycles. The van der Waals surface area contributed by atoms with Crippen LogP contribution in [-0.4, -0.2) is 29.2 Å². The summed E-state index contributed by atoms with van der Waals surface area (Å²) in [7, 11) is 0. The molecule has 2 aromatic rings. The van der Waals surface area contributed by atoms with Crippen molar-refractivity contribution >= 4 is 11.6 Å². The van der Waals surface area contributed by atoms with Gasteiger partial charge in [-0.25, -0.2) is 0 Å². The van der Waals surface area contributed by atoms with Crippen LogP contribution in [0.25, 0.3) is 0 Å². The van der Waals surface area contributed by atoms with Gasteiger partial charge in [0.05, 0.1) is 30.1 Å². The summed E-state index contributed by atoms with van der Waals surface area (Å²) < 4.78 is 38.7. The summed E-state index contributed by atoms with van der Waals surface area (Å²) in [5, 5.41) is 0. The van der Waals surface area contributed by atoms with Crippen LogP contribution >= 0.6 is 0 Å². The summed E-state index contributed by atoms with van der Waals surface area (Å²) in [6.07, 6.45) is -3.88. The molecule has 0 aromatic heterocycles. The third-order valence-electron chi connectivity index (χ3n) is 4.71. The number of rotatable bonds is 4. The summed E-state index contributed by atoms with van der Waals surface area (Å²) in [5.74, 6) is -0.596. The molecule has 2 aliphatic heterocycles. The van der Waals surface area contributed by atoms with Gasteiger partial charge in [0.2, 0.25) is 0 Å². The first-order chi connectivity index (χ1) is 13.4. The van der Waals surface area contributed by atoms with E-state index in [9.17, 15) is 18.0 Å². The Balaban J connectivity index is 1.77. The van der Waals surface area contributed by atoms with E-state index in [4.69, 9.17) is 4.99 Å². The quantitative estimate of drug-likeness (QED) is 0.757. The molecule has 28 heavy (non-hydrogen) atoms. The molecule has 0 bridgehead atoms. The van der Waals surface area contributed by atoms with E-state index in [1.165, 1.54) is 11.0 Å². The Morgan fingerprint density at radius 2 is 1.61 bits per heavy atom. The highest BCUT2D eigenvalue weighted by atomic mass is 19.4. The Morgan fingerprint density at radius 3 is 2.25 bits per heavy atom. The van der Waals surface area contributed by atoms with Crippen molar-refractivity contribution in [1.29, 1.82) is 0 Å². The van der Waals surface area contributed by atoms with E-state index in [-0.39, 0.29) is 12.1 Å². The number of halogens is 3. The Kier molecular flexibility index (Phi) is 4.63. The van der Waals surface area contributed by atoms with Crippen molar-refractivity contribution in [2.45, 2.75) is 19.0 Å². The van der Waals surface area contributed by atoms with Crippen molar-refractivity contribution < 1.29 is 18.0 Å². The van der Waals surface area contributed by atoms with Crippen LogP contribution in [-0.2, 0) is 11.2 Å². The van der Waals surface area contributed by atoms with Gasteiger partial charge >= 0.3 is 6.18 Å².